The number of carbonyl (C=O) groups is 2. The Hall–Kier alpha value is -1.91. The molecule has 1 N–H and O–H groups in total. The zero-order valence-corrected chi connectivity index (χ0v) is 10.3. The normalized spacial score (nSPS) is 19.3. The summed E-state index contributed by atoms with van der Waals surface area (Å²) in [5.41, 5.74) is 0.645. The molecule has 0 bridgehead atoms. The Morgan fingerprint density at radius 1 is 1.56 bits per heavy atom. The minimum Gasteiger partial charge on any atom is -0.477 e. The van der Waals surface area contributed by atoms with Gasteiger partial charge in [-0.1, -0.05) is 19.4 Å². The third-order valence-corrected chi connectivity index (χ3v) is 3.25. The largest absolute Gasteiger partial charge is 0.477 e. The van der Waals surface area contributed by atoms with E-state index in [1.54, 1.807) is 17.0 Å². The first-order valence-corrected chi connectivity index (χ1v) is 6.07. The van der Waals surface area contributed by atoms with Crippen molar-refractivity contribution in [1.82, 2.24) is 9.88 Å². The minimum atomic E-state index is -1.05. The van der Waals surface area contributed by atoms with Crippen molar-refractivity contribution in [2.45, 2.75) is 26.3 Å². The Kier molecular flexibility index (Phi) is 3.60. The molecule has 1 saturated heterocycles. The van der Waals surface area contributed by atoms with Crippen LogP contribution in [-0.4, -0.2) is 33.4 Å². The van der Waals surface area contributed by atoms with Crippen molar-refractivity contribution in [2.75, 3.05) is 6.54 Å². The van der Waals surface area contributed by atoms with E-state index in [-0.39, 0.29) is 11.6 Å². The maximum absolute atomic E-state index is 11.7. The number of aromatic nitrogens is 1. The average Bonchev–Trinajstić information content (AvgIpc) is 2.70. The third kappa shape index (κ3) is 2.67. The van der Waals surface area contributed by atoms with Crippen LogP contribution < -0.4 is 0 Å². The van der Waals surface area contributed by atoms with E-state index in [0.29, 0.717) is 24.6 Å². The van der Waals surface area contributed by atoms with Crippen molar-refractivity contribution in [3.63, 3.8) is 0 Å². The number of hydrogen-bond acceptors (Lipinski definition) is 3. The molecule has 1 aliphatic rings. The van der Waals surface area contributed by atoms with E-state index in [0.717, 1.165) is 13.0 Å². The molecule has 96 valence electrons. The molecular formula is C13H16N2O3. The van der Waals surface area contributed by atoms with E-state index in [2.05, 4.69) is 11.9 Å². The zero-order chi connectivity index (χ0) is 13.1. The van der Waals surface area contributed by atoms with Gasteiger partial charge in [-0.15, -0.1) is 0 Å². The van der Waals surface area contributed by atoms with Gasteiger partial charge >= 0.3 is 5.97 Å². The van der Waals surface area contributed by atoms with Gasteiger partial charge < -0.3 is 10.0 Å². The Balaban J connectivity index is 2.08. The first-order chi connectivity index (χ1) is 8.60. The summed E-state index contributed by atoms with van der Waals surface area (Å²) in [6.45, 7) is 3.22. The van der Waals surface area contributed by atoms with Crippen LogP contribution in [0.5, 0.6) is 0 Å². The van der Waals surface area contributed by atoms with E-state index in [4.69, 9.17) is 5.11 Å². The molecule has 0 aliphatic carbocycles. The lowest BCUT2D eigenvalue weighted by Gasteiger charge is -2.15. The van der Waals surface area contributed by atoms with Gasteiger partial charge in [0.1, 0.15) is 5.69 Å². The number of aromatic carboxylic acids is 1. The fraction of sp³-hybridized carbons (Fsp3) is 0.462. The fourth-order valence-corrected chi connectivity index (χ4v) is 2.16. The summed E-state index contributed by atoms with van der Waals surface area (Å²) >= 11 is 0. The van der Waals surface area contributed by atoms with Crippen LogP contribution in [0.1, 0.15) is 35.9 Å². The standard InChI is InChI=1S/C13H16N2O3/c1-2-9-6-12(16)15(7-9)8-10-4-3-5-11(14-10)13(17)18/h3-5,9H,2,6-8H2,1H3,(H,17,18). The molecule has 1 fully saturated rings. The van der Waals surface area contributed by atoms with Crippen LogP contribution in [0.3, 0.4) is 0 Å². The van der Waals surface area contributed by atoms with E-state index in [1.165, 1.54) is 6.07 Å². The zero-order valence-electron chi connectivity index (χ0n) is 10.3. The molecule has 2 heterocycles. The highest BCUT2D eigenvalue weighted by Crippen LogP contribution is 2.21. The highest BCUT2D eigenvalue weighted by molar-refractivity contribution is 5.85. The lowest BCUT2D eigenvalue weighted by Crippen LogP contribution is -2.25. The lowest BCUT2D eigenvalue weighted by atomic mass is 10.1. The van der Waals surface area contributed by atoms with Gasteiger partial charge in [0.25, 0.3) is 0 Å². The van der Waals surface area contributed by atoms with Gasteiger partial charge in [-0.05, 0) is 18.1 Å². The molecule has 0 spiro atoms. The summed E-state index contributed by atoms with van der Waals surface area (Å²) in [7, 11) is 0. The molecule has 18 heavy (non-hydrogen) atoms. The van der Waals surface area contributed by atoms with E-state index in [9.17, 15) is 9.59 Å². The van der Waals surface area contributed by atoms with Crippen LogP contribution in [0, 0.1) is 5.92 Å². The molecule has 1 aromatic rings. The fourth-order valence-electron chi connectivity index (χ4n) is 2.16. The highest BCUT2D eigenvalue weighted by atomic mass is 16.4. The number of nitrogens with zero attached hydrogens (tertiary/aromatic N) is 2. The number of likely N-dealkylation sites (tertiary alicyclic amines) is 1. The maximum Gasteiger partial charge on any atom is 0.354 e. The second-order valence-electron chi connectivity index (χ2n) is 4.57. The van der Waals surface area contributed by atoms with Crippen molar-refractivity contribution in [1.29, 1.82) is 0 Å². The number of amides is 1. The molecule has 0 aromatic carbocycles. The topological polar surface area (TPSA) is 70.5 Å². The van der Waals surface area contributed by atoms with Gasteiger partial charge in [-0.25, -0.2) is 9.78 Å². The van der Waals surface area contributed by atoms with E-state index < -0.39 is 5.97 Å². The van der Waals surface area contributed by atoms with Gasteiger partial charge in [0.05, 0.1) is 12.2 Å². The SMILES string of the molecule is CCC1CC(=O)N(Cc2cccc(C(=O)O)n2)C1. The molecule has 1 aromatic heterocycles. The maximum atomic E-state index is 11.7. The average molecular weight is 248 g/mol. The van der Waals surface area contributed by atoms with Gasteiger partial charge in [0.2, 0.25) is 5.91 Å². The quantitative estimate of drug-likeness (QED) is 0.877. The van der Waals surface area contributed by atoms with E-state index in [1.807, 2.05) is 0 Å². The Labute approximate surface area is 105 Å². The molecule has 1 atom stereocenters. The van der Waals surface area contributed by atoms with Crippen LogP contribution in [0.4, 0.5) is 0 Å². The van der Waals surface area contributed by atoms with Crippen LogP contribution in [-0.2, 0) is 11.3 Å². The number of hydrogen-bond donors (Lipinski definition) is 1. The van der Waals surface area contributed by atoms with Gasteiger partial charge in [-0.3, -0.25) is 4.79 Å². The Morgan fingerprint density at radius 2 is 2.33 bits per heavy atom. The molecule has 0 radical (unpaired) electrons. The molecule has 2 rings (SSSR count). The van der Waals surface area contributed by atoms with Crippen LogP contribution in [0.25, 0.3) is 0 Å². The van der Waals surface area contributed by atoms with Gasteiger partial charge in [-0.2, -0.15) is 0 Å². The summed E-state index contributed by atoms with van der Waals surface area (Å²) in [5, 5.41) is 8.86. The number of carbonyl (C=O) groups excluding carboxylic acids is 1. The Morgan fingerprint density at radius 3 is 2.94 bits per heavy atom. The predicted molar refractivity (Wildman–Crippen MR) is 65.0 cm³/mol. The highest BCUT2D eigenvalue weighted by Gasteiger charge is 2.28. The minimum absolute atomic E-state index is 0.0196. The number of rotatable bonds is 4. The first-order valence-electron chi connectivity index (χ1n) is 6.07. The number of carboxylic acids is 1. The van der Waals surface area contributed by atoms with Crippen molar-refractivity contribution < 1.29 is 14.7 Å². The summed E-state index contributed by atoms with van der Waals surface area (Å²) in [6, 6.07) is 4.86. The third-order valence-electron chi connectivity index (χ3n) is 3.25. The molecule has 1 unspecified atom stereocenters. The van der Waals surface area contributed by atoms with Crippen molar-refractivity contribution in [3.8, 4) is 0 Å². The monoisotopic (exact) mass is 248 g/mol. The molecule has 5 heteroatoms. The van der Waals surface area contributed by atoms with Gasteiger partial charge in [0.15, 0.2) is 0 Å². The van der Waals surface area contributed by atoms with Crippen molar-refractivity contribution in [3.05, 3.63) is 29.6 Å². The summed E-state index contributed by atoms with van der Waals surface area (Å²) < 4.78 is 0. The van der Waals surface area contributed by atoms with Crippen LogP contribution in [0.2, 0.25) is 0 Å². The summed E-state index contributed by atoms with van der Waals surface area (Å²) in [4.78, 5) is 28.3. The van der Waals surface area contributed by atoms with Crippen molar-refractivity contribution >= 4 is 11.9 Å². The summed E-state index contributed by atoms with van der Waals surface area (Å²) in [5.74, 6) is -0.499. The van der Waals surface area contributed by atoms with Crippen LogP contribution >= 0.6 is 0 Å². The summed E-state index contributed by atoms with van der Waals surface area (Å²) in [6.07, 6.45) is 1.58. The second kappa shape index (κ2) is 5.16. The Bertz CT molecular complexity index is 473. The number of pyridine rings is 1. The van der Waals surface area contributed by atoms with E-state index >= 15 is 0 Å². The first kappa shape index (κ1) is 12.5. The second-order valence-corrected chi connectivity index (χ2v) is 4.57. The molecule has 5 nitrogen and oxygen atoms in total. The van der Waals surface area contributed by atoms with Crippen LogP contribution in [0.15, 0.2) is 18.2 Å². The lowest BCUT2D eigenvalue weighted by molar-refractivity contribution is -0.128. The smallest absolute Gasteiger partial charge is 0.354 e. The molecule has 1 amide bonds. The molecular weight excluding hydrogens is 232 g/mol. The molecule has 1 aliphatic heterocycles. The number of carboxylic acid groups (broad SMARTS) is 1. The predicted octanol–water partition coefficient (Wildman–Crippen LogP) is 1.54. The molecule has 0 saturated carbocycles. The van der Waals surface area contributed by atoms with Crippen molar-refractivity contribution in [2.24, 2.45) is 5.92 Å². The van der Waals surface area contributed by atoms with Gasteiger partial charge in [0, 0.05) is 13.0 Å².